The molecular weight excluding hydrogens is 251 g/mol. The van der Waals surface area contributed by atoms with Gasteiger partial charge in [-0.15, -0.1) is 0 Å². The van der Waals surface area contributed by atoms with E-state index in [2.05, 4.69) is 44.1 Å². The summed E-state index contributed by atoms with van der Waals surface area (Å²) < 4.78 is 13.5. The Balaban J connectivity index is 2.39. The normalized spacial score (nSPS) is 11.8. The largest absolute Gasteiger partial charge is 0.312 e. The highest BCUT2D eigenvalue weighted by Crippen LogP contribution is 2.23. The van der Waals surface area contributed by atoms with Crippen LogP contribution >= 0.6 is 0 Å². The maximum Gasteiger partial charge on any atom is 0.123 e. The highest BCUT2D eigenvalue weighted by molar-refractivity contribution is 5.82. The molecule has 0 saturated heterocycles. The van der Waals surface area contributed by atoms with E-state index >= 15 is 0 Å². The molecule has 2 aromatic rings. The Bertz CT molecular complexity index is 591. The van der Waals surface area contributed by atoms with Gasteiger partial charge in [0.05, 0.1) is 5.52 Å². The predicted molar refractivity (Wildman–Crippen MR) is 82.3 cm³/mol. The Morgan fingerprint density at radius 3 is 2.55 bits per heavy atom. The third-order valence-electron chi connectivity index (χ3n) is 3.34. The summed E-state index contributed by atoms with van der Waals surface area (Å²) in [7, 11) is 0. The van der Waals surface area contributed by atoms with Crippen LogP contribution in [0.1, 0.15) is 44.9 Å². The van der Waals surface area contributed by atoms with Gasteiger partial charge in [0.2, 0.25) is 0 Å². The standard InChI is InChI=1S/C17H23FN2/c1-11(2)9-19-10-13-7-17(12(3)4)20-16-6-5-14(18)8-15(13)16/h5-8,11-12,19H,9-10H2,1-4H3. The van der Waals surface area contributed by atoms with Crippen molar-refractivity contribution in [2.45, 2.75) is 40.2 Å². The van der Waals surface area contributed by atoms with E-state index < -0.39 is 0 Å². The minimum absolute atomic E-state index is 0.207. The zero-order valence-corrected chi connectivity index (χ0v) is 12.7. The fourth-order valence-electron chi connectivity index (χ4n) is 2.23. The van der Waals surface area contributed by atoms with Crippen molar-refractivity contribution in [2.24, 2.45) is 5.92 Å². The van der Waals surface area contributed by atoms with E-state index in [-0.39, 0.29) is 5.82 Å². The van der Waals surface area contributed by atoms with Gasteiger partial charge in [0, 0.05) is 17.6 Å². The quantitative estimate of drug-likeness (QED) is 0.882. The van der Waals surface area contributed by atoms with E-state index in [9.17, 15) is 4.39 Å². The monoisotopic (exact) mass is 274 g/mol. The van der Waals surface area contributed by atoms with E-state index in [0.29, 0.717) is 11.8 Å². The second-order valence-electron chi connectivity index (χ2n) is 6.05. The summed E-state index contributed by atoms with van der Waals surface area (Å²) in [5.74, 6) is 0.763. The van der Waals surface area contributed by atoms with Crippen LogP contribution in [0, 0.1) is 11.7 Å². The van der Waals surface area contributed by atoms with Crippen molar-refractivity contribution in [2.75, 3.05) is 6.54 Å². The molecule has 1 N–H and O–H groups in total. The summed E-state index contributed by atoms with van der Waals surface area (Å²) in [5.41, 5.74) is 3.06. The first-order chi connectivity index (χ1) is 9.47. The number of halogens is 1. The van der Waals surface area contributed by atoms with Crippen LogP contribution in [-0.4, -0.2) is 11.5 Å². The van der Waals surface area contributed by atoms with Gasteiger partial charge < -0.3 is 5.32 Å². The number of fused-ring (bicyclic) bond motifs is 1. The number of pyridine rings is 1. The van der Waals surface area contributed by atoms with E-state index in [1.54, 1.807) is 12.1 Å². The molecule has 0 saturated carbocycles. The number of nitrogens with zero attached hydrogens (tertiary/aromatic N) is 1. The fourth-order valence-corrected chi connectivity index (χ4v) is 2.23. The van der Waals surface area contributed by atoms with E-state index in [1.807, 2.05) is 0 Å². The van der Waals surface area contributed by atoms with Gasteiger partial charge in [0.15, 0.2) is 0 Å². The van der Waals surface area contributed by atoms with Gasteiger partial charge in [-0.3, -0.25) is 4.98 Å². The van der Waals surface area contributed by atoms with Crippen LogP contribution in [-0.2, 0) is 6.54 Å². The second-order valence-corrected chi connectivity index (χ2v) is 6.05. The van der Waals surface area contributed by atoms with Crippen LogP contribution in [0.3, 0.4) is 0 Å². The molecule has 0 spiro atoms. The Labute approximate surface area is 120 Å². The third kappa shape index (κ3) is 3.54. The lowest BCUT2D eigenvalue weighted by Gasteiger charge is -2.13. The number of aromatic nitrogens is 1. The molecule has 0 fully saturated rings. The van der Waals surface area contributed by atoms with E-state index in [4.69, 9.17) is 0 Å². The number of hydrogen-bond acceptors (Lipinski definition) is 2. The minimum Gasteiger partial charge on any atom is -0.312 e. The Morgan fingerprint density at radius 1 is 1.15 bits per heavy atom. The van der Waals surface area contributed by atoms with Crippen molar-refractivity contribution in [3.05, 3.63) is 41.3 Å². The summed E-state index contributed by atoms with van der Waals surface area (Å²) in [4.78, 5) is 4.63. The Hall–Kier alpha value is -1.48. The average molecular weight is 274 g/mol. The molecule has 1 aromatic carbocycles. The van der Waals surface area contributed by atoms with Gasteiger partial charge in [-0.1, -0.05) is 27.7 Å². The van der Waals surface area contributed by atoms with Crippen molar-refractivity contribution in [1.29, 1.82) is 0 Å². The first-order valence-electron chi connectivity index (χ1n) is 7.27. The molecule has 0 aliphatic carbocycles. The number of nitrogens with one attached hydrogen (secondary N) is 1. The lowest BCUT2D eigenvalue weighted by Crippen LogP contribution is -2.19. The van der Waals surface area contributed by atoms with E-state index in [0.717, 1.165) is 35.2 Å². The first kappa shape index (κ1) is 14.9. The fraction of sp³-hybridized carbons (Fsp3) is 0.471. The molecule has 2 nitrogen and oxygen atoms in total. The van der Waals surface area contributed by atoms with E-state index in [1.165, 1.54) is 6.07 Å². The second kappa shape index (κ2) is 6.31. The molecule has 1 heterocycles. The van der Waals surface area contributed by atoms with Crippen LogP contribution in [0.2, 0.25) is 0 Å². The Kier molecular flexibility index (Phi) is 4.71. The van der Waals surface area contributed by atoms with Gasteiger partial charge in [0.25, 0.3) is 0 Å². The molecule has 2 rings (SSSR count). The molecule has 1 aromatic heterocycles. The van der Waals surface area contributed by atoms with Gasteiger partial charge in [-0.2, -0.15) is 0 Å². The van der Waals surface area contributed by atoms with Crippen molar-refractivity contribution >= 4 is 10.9 Å². The number of rotatable bonds is 5. The molecule has 0 unspecified atom stereocenters. The number of benzene rings is 1. The summed E-state index contributed by atoms with van der Waals surface area (Å²) >= 11 is 0. The van der Waals surface area contributed by atoms with Crippen molar-refractivity contribution in [3.63, 3.8) is 0 Å². The van der Waals surface area contributed by atoms with Gasteiger partial charge >= 0.3 is 0 Å². The molecule has 0 amide bonds. The average Bonchev–Trinajstić information content (AvgIpc) is 2.38. The molecule has 0 bridgehead atoms. The van der Waals surface area contributed by atoms with Crippen molar-refractivity contribution in [1.82, 2.24) is 10.3 Å². The van der Waals surface area contributed by atoms with Crippen LogP contribution in [0.25, 0.3) is 10.9 Å². The highest BCUT2D eigenvalue weighted by atomic mass is 19.1. The first-order valence-corrected chi connectivity index (χ1v) is 7.27. The summed E-state index contributed by atoms with van der Waals surface area (Å²) in [6, 6.07) is 6.92. The van der Waals surface area contributed by atoms with Gasteiger partial charge in [0.1, 0.15) is 5.82 Å². The third-order valence-corrected chi connectivity index (χ3v) is 3.34. The van der Waals surface area contributed by atoms with Gasteiger partial charge in [-0.05, 0) is 48.2 Å². The smallest absolute Gasteiger partial charge is 0.123 e. The highest BCUT2D eigenvalue weighted by Gasteiger charge is 2.09. The SMILES string of the molecule is CC(C)CNCc1cc(C(C)C)nc2ccc(F)cc12. The van der Waals surface area contributed by atoms with Crippen LogP contribution in [0.5, 0.6) is 0 Å². The predicted octanol–water partition coefficient (Wildman–Crippen LogP) is 4.24. The van der Waals surface area contributed by atoms with Crippen LogP contribution in [0.15, 0.2) is 24.3 Å². The molecule has 3 heteroatoms. The lowest BCUT2D eigenvalue weighted by atomic mass is 10.0. The maximum absolute atomic E-state index is 13.5. The molecule has 0 radical (unpaired) electrons. The van der Waals surface area contributed by atoms with Crippen molar-refractivity contribution in [3.8, 4) is 0 Å². The maximum atomic E-state index is 13.5. The molecule has 0 atom stereocenters. The summed E-state index contributed by atoms with van der Waals surface area (Å²) in [5, 5.41) is 4.34. The molecular formula is C17H23FN2. The molecule has 0 aliphatic heterocycles. The molecule has 108 valence electrons. The van der Waals surface area contributed by atoms with Gasteiger partial charge in [-0.25, -0.2) is 4.39 Å². The zero-order chi connectivity index (χ0) is 14.7. The summed E-state index contributed by atoms with van der Waals surface area (Å²) in [6.45, 7) is 10.3. The molecule has 0 aliphatic rings. The lowest BCUT2D eigenvalue weighted by molar-refractivity contribution is 0.553. The van der Waals surface area contributed by atoms with Crippen LogP contribution < -0.4 is 5.32 Å². The minimum atomic E-state index is -0.207. The van der Waals surface area contributed by atoms with Crippen LogP contribution in [0.4, 0.5) is 4.39 Å². The van der Waals surface area contributed by atoms with Crippen molar-refractivity contribution < 1.29 is 4.39 Å². The summed E-state index contributed by atoms with van der Waals surface area (Å²) in [6.07, 6.45) is 0. The molecule has 20 heavy (non-hydrogen) atoms. The number of hydrogen-bond donors (Lipinski definition) is 1. The zero-order valence-electron chi connectivity index (χ0n) is 12.7. The topological polar surface area (TPSA) is 24.9 Å². The Morgan fingerprint density at radius 2 is 1.90 bits per heavy atom.